The molecule has 0 radical (unpaired) electrons. The Morgan fingerprint density at radius 2 is 1.83 bits per heavy atom. The third-order valence-electron chi connectivity index (χ3n) is 5.88. The van der Waals surface area contributed by atoms with Crippen LogP contribution in [0.15, 0.2) is 53.7 Å². The van der Waals surface area contributed by atoms with Crippen LogP contribution in [0.25, 0.3) is 11.0 Å². The molecule has 0 saturated carbocycles. The summed E-state index contributed by atoms with van der Waals surface area (Å²) in [4.78, 5) is 19.7. The van der Waals surface area contributed by atoms with E-state index in [4.69, 9.17) is 4.98 Å². The Bertz CT molecular complexity index is 971. The predicted molar refractivity (Wildman–Crippen MR) is 121 cm³/mol. The molecular formula is C24H29N3OS. The minimum atomic E-state index is 0.158. The maximum absolute atomic E-state index is 13.0. The van der Waals surface area contributed by atoms with E-state index < -0.39 is 0 Å². The largest absolute Gasteiger partial charge is 0.338 e. The van der Waals surface area contributed by atoms with Crippen molar-refractivity contribution >= 4 is 28.7 Å². The quantitative estimate of drug-likeness (QED) is 0.501. The smallest absolute Gasteiger partial charge is 0.253 e. The maximum Gasteiger partial charge on any atom is 0.253 e. The number of unbranched alkanes of at least 4 members (excludes halogenated alkanes) is 1. The van der Waals surface area contributed by atoms with E-state index in [0.717, 1.165) is 48.6 Å². The second-order valence-corrected chi connectivity index (χ2v) is 8.55. The van der Waals surface area contributed by atoms with Gasteiger partial charge < -0.3 is 9.47 Å². The summed E-state index contributed by atoms with van der Waals surface area (Å²) in [6.07, 6.45) is 7.50. The number of amides is 1. The zero-order chi connectivity index (χ0) is 20.2. The number of aromatic nitrogens is 2. The zero-order valence-corrected chi connectivity index (χ0v) is 18.1. The first kappa shape index (κ1) is 20.0. The first-order valence-corrected chi connectivity index (χ1v) is 11.8. The number of nitrogens with zero attached hydrogens (tertiary/aromatic N) is 3. The lowest BCUT2D eigenvalue weighted by Crippen LogP contribution is -2.39. The Kier molecular flexibility index (Phi) is 6.24. The molecule has 1 aromatic heterocycles. The first-order chi connectivity index (χ1) is 14.2. The SMILES string of the molecule is CCCCc1ccc(C(=O)N2CCC(n3c(SC)nc4ccccc43)CC2)cc1. The van der Waals surface area contributed by atoms with Crippen molar-refractivity contribution in [2.45, 2.75) is 50.2 Å². The van der Waals surface area contributed by atoms with Crippen molar-refractivity contribution in [1.29, 1.82) is 0 Å². The molecular weight excluding hydrogens is 378 g/mol. The zero-order valence-electron chi connectivity index (χ0n) is 17.3. The highest BCUT2D eigenvalue weighted by Crippen LogP contribution is 2.32. The van der Waals surface area contributed by atoms with Crippen LogP contribution in [0.2, 0.25) is 0 Å². The van der Waals surface area contributed by atoms with Crippen molar-refractivity contribution in [2.24, 2.45) is 0 Å². The van der Waals surface area contributed by atoms with Gasteiger partial charge in [0, 0.05) is 24.7 Å². The van der Waals surface area contributed by atoms with Crippen molar-refractivity contribution < 1.29 is 4.79 Å². The van der Waals surface area contributed by atoms with E-state index in [0.29, 0.717) is 6.04 Å². The van der Waals surface area contributed by atoms with Crippen LogP contribution in [0, 0.1) is 0 Å². The summed E-state index contributed by atoms with van der Waals surface area (Å²) in [5.74, 6) is 0.158. The summed E-state index contributed by atoms with van der Waals surface area (Å²) in [5, 5.41) is 1.07. The van der Waals surface area contributed by atoms with E-state index in [1.165, 1.54) is 23.9 Å². The van der Waals surface area contributed by atoms with Crippen molar-refractivity contribution in [3.63, 3.8) is 0 Å². The average Bonchev–Trinajstić information content (AvgIpc) is 3.16. The molecule has 0 aliphatic carbocycles. The third-order valence-corrected chi connectivity index (χ3v) is 6.54. The number of carbonyl (C=O) groups excluding carboxylic acids is 1. The van der Waals surface area contributed by atoms with E-state index >= 15 is 0 Å². The lowest BCUT2D eigenvalue weighted by atomic mass is 10.0. The Balaban J connectivity index is 1.44. The molecule has 152 valence electrons. The van der Waals surface area contributed by atoms with Gasteiger partial charge in [-0.05, 0) is 61.8 Å². The van der Waals surface area contributed by atoms with Crippen LogP contribution in [-0.4, -0.2) is 39.7 Å². The molecule has 3 aromatic rings. The Morgan fingerprint density at radius 1 is 1.10 bits per heavy atom. The molecule has 0 unspecified atom stereocenters. The molecule has 0 atom stereocenters. The normalized spacial score (nSPS) is 15.2. The number of hydrogen-bond donors (Lipinski definition) is 0. The molecule has 4 rings (SSSR count). The van der Waals surface area contributed by atoms with Crippen LogP contribution >= 0.6 is 11.8 Å². The number of para-hydroxylation sites is 2. The van der Waals surface area contributed by atoms with Crippen LogP contribution in [0.5, 0.6) is 0 Å². The highest BCUT2D eigenvalue weighted by atomic mass is 32.2. The number of likely N-dealkylation sites (tertiary alicyclic amines) is 1. The predicted octanol–water partition coefficient (Wildman–Crippen LogP) is 5.58. The van der Waals surface area contributed by atoms with Crippen LogP contribution in [0.4, 0.5) is 0 Å². The molecule has 1 aliphatic rings. The molecule has 0 bridgehead atoms. The van der Waals surface area contributed by atoms with Crippen molar-refractivity contribution in [1.82, 2.24) is 14.5 Å². The van der Waals surface area contributed by atoms with Gasteiger partial charge in [-0.2, -0.15) is 0 Å². The Morgan fingerprint density at radius 3 is 2.52 bits per heavy atom. The molecule has 1 aliphatic heterocycles. The van der Waals surface area contributed by atoms with E-state index in [1.54, 1.807) is 11.8 Å². The average molecular weight is 408 g/mol. The van der Waals surface area contributed by atoms with Gasteiger partial charge in [0.05, 0.1) is 11.0 Å². The Labute approximate surface area is 177 Å². The topological polar surface area (TPSA) is 38.1 Å². The van der Waals surface area contributed by atoms with Gasteiger partial charge in [0.2, 0.25) is 0 Å². The molecule has 29 heavy (non-hydrogen) atoms. The number of thioether (sulfide) groups is 1. The van der Waals surface area contributed by atoms with Gasteiger partial charge in [0.25, 0.3) is 5.91 Å². The summed E-state index contributed by atoms with van der Waals surface area (Å²) in [6.45, 7) is 3.79. The summed E-state index contributed by atoms with van der Waals surface area (Å²) >= 11 is 1.70. The maximum atomic E-state index is 13.0. The second kappa shape index (κ2) is 9.04. The van der Waals surface area contributed by atoms with E-state index in [9.17, 15) is 4.79 Å². The molecule has 1 saturated heterocycles. The van der Waals surface area contributed by atoms with E-state index in [-0.39, 0.29) is 5.91 Å². The number of hydrogen-bond acceptors (Lipinski definition) is 3. The number of benzene rings is 2. The highest BCUT2D eigenvalue weighted by Gasteiger charge is 2.27. The molecule has 5 heteroatoms. The molecule has 1 amide bonds. The van der Waals surface area contributed by atoms with Gasteiger partial charge in [-0.25, -0.2) is 4.98 Å². The molecule has 4 nitrogen and oxygen atoms in total. The van der Waals surface area contributed by atoms with Gasteiger partial charge >= 0.3 is 0 Å². The molecule has 2 aromatic carbocycles. The van der Waals surface area contributed by atoms with Crippen molar-refractivity contribution in [3.05, 3.63) is 59.7 Å². The monoisotopic (exact) mass is 407 g/mol. The number of piperidine rings is 1. The van der Waals surface area contributed by atoms with Crippen molar-refractivity contribution in [2.75, 3.05) is 19.3 Å². The van der Waals surface area contributed by atoms with Gasteiger partial charge in [-0.15, -0.1) is 0 Å². The Hall–Kier alpha value is -2.27. The van der Waals surface area contributed by atoms with Gasteiger partial charge in [0.1, 0.15) is 0 Å². The molecule has 0 spiro atoms. The molecule has 0 N–H and O–H groups in total. The van der Waals surface area contributed by atoms with Gasteiger partial charge in [0.15, 0.2) is 5.16 Å². The minimum Gasteiger partial charge on any atom is -0.338 e. The van der Waals surface area contributed by atoms with Crippen LogP contribution in [0.1, 0.15) is 54.6 Å². The fraction of sp³-hybridized carbons (Fsp3) is 0.417. The number of aryl methyl sites for hydroxylation is 1. The van der Waals surface area contributed by atoms with Gasteiger partial charge in [-0.3, -0.25) is 4.79 Å². The summed E-state index contributed by atoms with van der Waals surface area (Å²) in [7, 11) is 0. The second-order valence-electron chi connectivity index (χ2n) is 7.78. The third kappa shape index (κ3) is 4.20. The number of imidazole rings is 1. The summed E-state index contributed by atoms with van der Waals surface area (Å²) in [6, 6.07) is 16.9. The van der Waals surface area contributed by atoms with E-state index in [1.807, 2.05) is 23.1 Å². The van der Waals surface area contributed by atoms with Crippen LogP contribution < -0.4 is 0 Å². The fourth-order valence-corrected chi connectivity index (χ4v) is 4.86. The van der Waals surface area contributed by atoms with Crippen molar-refractivity contribution in [3.8, 4) is 0 Å². The lowest BCUT2D eigenvalue weighted by Gasteiger charge is -2.33. The fourth-order valence-electron chi connectivity index (χ4n) is 4.22. The molecule has 2 heterocycles. The van der Waals surface area contributed by atoms with E-state index in [2.05, 4.69) is 48.1 Å². The standard InChI is InChI=1S/C24H29N3OS/c1-3-4-7-18-10-12-19(13-11-18)23(28)26-16-14-20(15-17-26)27-22-9-6-5-8-21(22)25-24(27)29-2/h5-6,8-13,20H,3-4,7,14-17H2,1-2H3. The first-order valence-electron chi connectivity index (χ1n) is 10.6. The van der Waals surface area contributed by atoms with Crippen LogP contribution in [-0.2, 0) is 6.42 Å². The summed E-state index contributed by atoms with van der Waals surface area (Å²) < 4.78 is 2.38. The minimum absolute atomic E-state index is 0.158. The number of carbonyl (C=O) groups is 1. The van der Waals surface area contributed by atoms with Gasteiger partial charge in [-0.1, -0.05) is 49.4 Å². The van der Waals surface area contributed by atoms with Crippen LogP contribution in [0.3, 0.4) is 0 Å². The molecule has 1 fully saturated rings. The lowest BCUT2D eigenvalue weighted by molar-refractivity contribution is 0.0693. The summed E-state index contributed by atoms with van der Waals surface area (Å²) in [5.41, 5.74) is 4.38. The number of rotatable bonds is 6. The highest BCUT2D eigenvalue weighted by molar-refractivity contribution is 7.98. The number of fused-ring (bicyclic) bond motifs is 1.